The lowest BCUT2D eigenvalue weighted by atomic mass is 9.98. The normalized spacial score (nSPS) is 13.4. The van der Waals surface area contributed by atoms with Crippen LogP contribution in [0, 0.1) is 12.7 Å². The maximum Gasteiger partial charge on any atom is 0.316 e. The summed E-state index contributed by atoms with van der Waals surface area (Å²) in [6.07, 6.45) is 2.55. The molecule has 0 saturated heterocycles. The third kappa shape index (κ3) is 4.94. The Bertz CT molecular complexity index is 1470. The Balaban J connectivity index is 1.65. The topological polar surface area (TPSA) is 76.2 Å². The maximum atomic E-state index is 15.2. The van der Waals surface area contributed by atoms with Gasteiger partial charge in [-0.25, -0.2) is 13.9 Å². The zero-order chi connectivity index (χ0) is 26.8. The number of anilines is 1. The lowest BCUT2D eigenvalue weighted by molar-refractivity contribution is 0.244. The summed E-state index contributed by atoms with van der Waals surface area (Å²) in [6, 6.07) is 18.9. The van der Waals surface area contributed by atoms with Crippen molar-refractivity contribution in [1.82, 2.24) is 14.7 Å². The molecule has 0 saturated carbocycles. The first-order valence-corrected chi connectivity index (χ1v) is 13.2. The molecule has 38 heavy (non-hydrogen) atoms. The van der Waals surface area contributed by atoms with Gasteiger partial charge in [-0.3, -0.25) is 4.90 Å². The number of hydrogen-bond acceptors (Lipinski definition) is 3. The fraction of sp³-hybridized carbons (Fsp3) is 0.290. The number of primary amides is 1. The van der Waals surface area contributed by atoms with E-state index in [1.165, 1.54) is 28.3 Å². The SMILES string of the molecule is CCc1cccc(CC)c1-n1nc2c(c1-c1ccc(NC(N)=O)c(F)c1)CN(Cc1ccccc1C)CC2. The molecule has 7 heteroatoms. The van der Waals surface area contributed by atoms with Gasteiger partial charge in [0.25, 0.3) is 0 Å². The van der Waals surface area contributed by atoms with Crippen molar-refractivity contribution in [3.05, 3.63) is 100.0 Å². The first-order chi connectivity index (χ1) is 18.4. The Hall–Kier alpha value is -3.97. The summed E-state index contributed by atoms with van der Waals surface area (Å²) in [5.74, 6) is -0.533. The minimum absolute atomic E-state index is 0.0607. The van der Waals surface area contributed by atoms with Gasteiger partial charge in [0.15, 0.2) is 0 Å². The molecule has 3 aromatic carbocycles. The number of halogens is 1. The molecular formula is C31H34FN5O. The molecule has 6 nitrogen and oxygen atoms in total. The molecular weight excluding hydrogens is 477 g/mol. The van der Waals surface area contributed by atoms with Gasteiger partial charge in [-0.1, -0.05) is 62.4 Å². The molecule has 1 aliphatic rings. The van der Waals surface area contributed by atoms with Crippen molar-refractivity contribution in [3.63, 3.8) is 0 Å². The van der Waals surface area contributed by atoms with Gasteiger partial charge >= 0.3 is 6.03 Å². The number of aromatic nitrogens is 2. The smallest absolute Gasteiger partial charge is 0.316 e. The van der Waals surface area contributed by atoms with Crippen LogP contribution in [0.15, 0.2) is 60.7 Å². The van der Waals surface area contributed by atoms with E-state index in [1.54, 1.807) is 6.07 Å². The summed E-state index contributed by atoms with van der Waals surface area (Å²) >= 11 is 0. The average molecular weight is 512 g/mol. The number of urea groups is 1. The van der Waals surface area contributed by atoms with Gasteiger partial charge in [-0.05, 0) is 54.2 Å². The molecule has 4 aromatic rings. The molecule has 0 spiro atoms. The number of aryl methyl sites for hydroxylation is 3. The third-order valence-electron chi connectivity index (χ3n) is 7.45. The summed E-state index contributed by atoms with van der Waals surface area (Å²) in [6.45, 7) is 8.91. The molecule has 0 unspecified atom stereocenters. The molecule has 0 radical (unpaired) electrons. The number of para-hydroxylation sites is 1. The van der Waals surface area contributed by atoms with E-state index in [0.717, 1.165) is 67.1 Å². The second-order valence-electron chi connectivity index (χ2n) is 9.89. The van der Waals surface area contributed by atoms with Crippen LogP contribution in [0.1, 0.15) is 47.4 Å². The largest absolute Gasteiger partial charge is 0.351 e. The molecule has 0 fully saturated rings. The van der Waals surface area contributed by atoms with E-state index in [4.69, 9.17) is 10.8 Å². The van der Waals surface area contributed by atoms with Gasteiger partial charge < -0.3 is 11.1 Å². The van der Waals surface area contributed by atoms with Gasteiger partial charge in [-0.2, -0.15) is 5.10 Å². The van der Waals surface area contributed by atoms with E-state index in [9.17, 15) is 4.79 Å². The average Bonchev–Trinajstić information content (AvgIpc) is 3.28. The molecule has 196 valence electrons. The van der Waals surface area contributed by atoms with Crippen molar-refractivity contribution in [3.8, 4) is 16.9 Å². The van der Waals surface area contributed by atoms with E-state index < -0.39 is 11.8 Å². The summed E-state index contributed by atoms with van der Waals surface area (Å²) in [5, 5.41) is 7.52. The second kappa shape index (κ2) is 10.8. The minimum atomic E-state index is -0.796. The van der Waals surface area contributed by atoms with Crippen molar-refractivity contribution < 1.29 is 9.18 Å². The van der Waals surface area contributed by atoms with Crippen LogP contribution in [0.3, 0.4) is 0 Å². The number of fused-ring (bicyclic) bond motifs is 1. The number of amides is 2. The number of nitrogens with zero attached hydrogens (tertiary/aromatic N) is 3. The van der Waals surface area contributed by atoms with Crippen molar-refractivity contribution >= 4 is 11.7 Å². The summed E-state index contributed by atoms with van der Waals surface area (Å²) in [5.41, 5.74) is 15.1. The number of carbonyl (C=O) groups excluding carboxylic acids is 1. The predicted octanol–water partition coefficient (Wildman–Crippen LogP) is 6.16. The van der Waals surface area contributed by atoms with Gasteiger partial charge in [0.05, 0.1) is 22.8 Å². The van der Waals surface area contributed by atoms with Crippen molar-refractivity contribution in [2.75, 3.05) is 11.9 Å². The number of nitrogens with one attached hydrogen (secondary N) is 1. The minimum Gasteiger partial charge on any atom is -0.351 e. The van der Waals surface area contributed by atoms with Gasteiger partial charge in [0.1, 0.15) is 5.82 Å². The first kappa shape index (κ1) is 25.7. The second-order valence-corrected chi connectivity index (χ2v) is 9.89. The van der Waals surface area contributed by atoms with Crippen molar-refractivity contribution in [2.24, 2.45) is 5.73 Å². The van der Waals surface area contributed by atoms with Gasteiger partial charge in [0, 0.05) is 37.2 Å². The van der Waals surface area contributed by atoms with Crippen molar-refractivity contribution in [2.45, 2.75) is 53.1 Å². The molecule has 3 N–H and O–H groups in total. The molecule has 5 rings (SSSR count). The standard InChI is InChI=1S/C31H34FN5O/c1-4-21-11-8-12-22(5-2)29(21)37-30(23-13-14-28(26(32)17-23)34-31(33)38)25-19-36(16-15-27(25)35-37)18-24-10-7-6-9-20(24)3/h6-14,17H,4-5,15-16,18-19H2,1-3H3,(H3,33,34,38). The molecule has 0 aliphatic carbocycles. The van der Waals surface area contributed by atoms with Crippen LogP contribution < -0.4 is 11.1 Å². The van der Waals surface area contributed by atoms with Crippen LogP contribution in [0.2, 0.25) is 0 Å². The van der Waals surface area contributed by atoms with Crippen molar-refractivity contribution in [1.29, 1.82) is 0 Å². The lowest BCUT2D eigenvalue weighted by Gasteiger charge is -2.27. The molecule has 0 atom stereocenters. The highest BCUT2D eigenvalue weighted by atomic mass is 19.1. The third-order valence-corrected chi connectivity index (χ3v) is 7.45. The fourth-order valence-corrected chi connectivity index (χ4v) is 5.43. The number of nitrogens with two attached hydrogens (primary N) is 1. The van der Waals surface area contributed by atoms with E-state index in [0.29, 0.717) is 0 Å². The Labute approximate surface area is 223 Å². The Morgan fingerprint density at radius 2 is 1.74 bits per heavy atom. The highest BCUT2D eigenvalue weighted by Gasteiger charge is 2.28. The molecule has 1 aliphatic heterocycles. The highest BCUT2D eigenvalue weighted by molar-refractivity contribution is 5.88. The fourth-order valence-electron chi connectivity index (χ4n) is 5.43. The number of rotatable bonds is 7. The zero-order valence-electron chi connectivity index (χ0n) is 22.2. The van der Waals surface area contributed by atoms with E-state index in [1.807, 2.05) is 10.7 Å². The zero-order valence-corrected chi connectivity index (χ0v) is 22.2. The van der Waals surface area contributed by atoms with Crippen LogP contribution >= 0.6 is 0 Å². The van der Waals surface area contributed by atoms with Crippen LogP contribution in [0.4, 0.5) is 14.9 Å². The highest BCUT2D eigenvalue weighted by Crippen LogP contribution is 2.36. The summed E-state index contributed by atoms with van der Waals surface area (Å²) < 4.78 is 17.2. The first-order valence-electron chi connectivity index (χ1n) is 13.2. The molecule has 2 amide bonds. The van der Waals surface area contributed by atoms with Crippen LogP contribution in [0.5, 0.6) is 0 Å². The van der Waals surface area contributed by atoms with E-state index in [-0.39, 0.29) is 5.69 Å². The number of carbonyl (C=O) groups is 1. The Morgan fingerprint density at radius 1 is 1.03 bits per heavy atom. The number of benzene rings is 3. The quantitative estimate of drug-likeness (QED) is 0.312. The molecule has 1 aromatic heterocycles. The molecule has 0 bridgehead atoms. The van der Waals surface area contributed by atoms with E-state index >= 15 is 4.39 Å². The number of hydrogen-bond donors (Lipinski definition) is 2. The maximum absolute atomic E-state index is 15.2. The van der Waals surface area contributed by atoms with Crippen LogP contribution in [-0.2, 0) is 32.4 Å². The molecule has 2 heterocycles. The van der Waals surface area contributed by atoms with Gasteiger partial charge in [-0.15, -0.1) is 0 Å². The van der Waals surface area contributed by atoms with E-state index in [2.05, 4.69) is 73.5 Å². The predicted molar refractivity (Wildman–Crippen MR) is 150 cm³/mol. The monoisotopic (exact) mass is 511 g/mol. The van der Waals surface area contributed by atoms with Crippen LogP contribution in [-0.4, -0.2) is 27.3 Å². The summed E-state index contributed by atoms with van der Waals surface area (Å²) in [4.78, 5) is 13.8. The summed E-state index contributed by atoms with van der Waals surface area (Å²) in [7, 11) is 0. The Kier molecular flexibility index (Phi) is 7.29. The Morgan fingerprint density at radius 3 is 2.39 bits per heavy atom. The van der Waals surface area contributed by atoms with Crippen LogP contribution in [0.25, 0.3) is 16.9 Å². The lowest BCUT2D eigenvalue weighted by Crippen LogP contribution is -2.30. The van der Waals surface area contributed by atoms with Gasteiger partial charge in [0.2, 0.25) is 0 Å².